The van der Waals surface area contributed by atoms with E-state index in [1.807, 2.05) is 6.08 Å². The van der Waals surface area contributed by atoms with Crippen LogP contribution in [0.4, 0.5) is 0 Å². The molecule has 0 fully saturated rings. The van der Waals surface area contributed by atoms with Crippen molar-refractivity contribution < 1.29 is 9.53 Å². The Kier molecular flexibility index (Phi) is 3.16. The van der Waals surface area contributed by atoms with Gasteiger partial charge in [-0.2, -0.15) is 0 Å². The van der Waals surface area contributed by atoms with E-state index in [1.165, 1.54) is 0 Å². The van der Waals surface area contributed by atoms with E-state index in [0.717, 1.165) is 32.1 Å². The minimum atomic E-state index is -0.142. The van der Waals surface area contributed by atoms with E-state index in [9.17, 15) is 4.79 Å². The molecule has 1 unspecified atom stereocenters. The Morgan fingerprint density at radius 3 is 2.83 bits per heavy atom. The molecule has 1 aromatic carbocycles. The van der Waals surface area contributed by atoms with Crippen molar-refractivity contribution in [2.45, 2.75) is 18.9 Å². The van der Waals surface area contributed by atoms with Gasteiger partial charge in [-0.3, -0.25) is 4.79 Å². The van der Waals surface area contributed by atoms with Crippen molar-refractivity contribution in [3.05, 3.63) is 44.4 Å². The van der Waals surface area contributed by atoms with Crippen molar-refractivity contribution in [2.75, 3.05) is 0 Å². The molecule has 1 atom stereocenters. The fourth-order valence-electron chi connectivity index (χ4n) is 2.32. The highest BCUT2D eigenvalue weighted by Gasteiger charge is 2.27. The molecule has 0 saturated carbocycles. The van der Waals surface area contributed by atoms with Crippen LogP contribution in [0.2, 0.25) is 0 Å². The van der Waals surface area contributed by atoms with Gasteiger partial charge in [-0.25, -0.2) is 0 Å². The second kappa shape index (κ2) is 4.67. The van der Waals surface area contributed by atoms with E-state index in [4.69, 9.17) is 4.74 Å². The number of fused-ring (bicyclic) bond motifs is 3. The lowest BCUT2D eigenvalue weighted by Gasteiger charge is -2.23. The third kappa shape index (κ3) is 2.08. The summed E-state index contributed by atoms with van der Waals surface area (Å²) in [5.41, 5.74) is 3.40. The van der Waals surface area contributed by atoms with Crippen molar-refractivity contribution in [3.63, 3.8) is 0 Å². The Labute approximate surface area is 122 Å². The molecule has 0 N–H and O–H groups in total. The van der Waals surface area contributed by atoms with Gasteiger partial charge in [-0.05, 0) is 60.7 Å². The van der Waals surface area contributed by atoms with Gasteiger partial charge in [-0.15, -0.1) is 0 Å². The van der Waals surface area contributed by atoms with E-state index in [-0.39, 0.29) is 12.1 Å². The van der Waals surface area contributed by atoms with Crippen molar-refractivity contribution >= 4 is 49.5 Å². The average Bonchev–Trinajstić information content (AvgIpc) is 2.49. The summed E-state index contributed by atoms with van der Waals surface area (Å²) in [4.78, 5) is 11.4. The second-order valence-electron chi connectivity index (χ2n) is 4.33. The van der Waals surface area contributed by atoms with Gasteiger partial charge < -0.3 is 4.74 Å². The summed E-state index contributed by atoms with van der Waals surface area (Å²) in [6, 6.07) is 4.16. The zero-order chi connectivity index (χ0) is 12.7. The van der Waals surface area contributed by atoms with Crippen molar-refractivity contribution in [1.29, 1.82) is 0 Å². The molecule has 4 heteroatoms. The minimum Gasteiger partial charge on any atom is -0.457 e. The van der Waals surface area contributed by atoms with E-state index in [2.05, 4.69) is 56.1 Å². The number of rotatable bonds is 0. The van der Waals surface area contributed by atoms with Crippen LogP contribution >= 0.6 is 31.9 Å². The van der Waals surface area contributed by atoms with Crippen molar-refractivity contribution in [2.24, 2.45) is 0 Å². The van der Waals surface area contributed by atoms with Gasteiger partial charge in [0.1, 0.15) is 6.10 Å². The summed E-state index contributed by atoms with van der Waals surface area (Å²) in [7, 11) is 0. The number of esters is 1. The van der Waals surface area contributed by atoms with Crippen LogP contribution in [0, 0.1) is 0 Å². The number of hydrogen-bond donors (Lipinski definition) is 0. The molecular formula is C14H10Br2O2. The predicted octanol–water partition coefficient (Wildman–Crippen LogP) is 4.33. The Morgan fingerprint density at radius 1 is 1.22 bits per heavy atom. The molecular weight excluding hydrogens is 360 g/mol. The zero-order valence-corrected chi connectivity index (χ0v) is 12.6. The summed E-state index contributed by atoms with van der Waals surface area (Å²) in [5, 5.41) is 0. The van der Waals surface area contributed by atoms with Crippen LogP contribution < -0.4 is 0 Å². The first kappa shape index (κ1) is 12.2. The molecule has 1 aliphatic heterocycles. The molecule has 2 nitrogen and oxygen atoms in total. The number of carbonyl (C=O) groups excluding carboxylic acids is 1. The van der Waals surface area contributed by atoms with Gasteiger partial charge in [0.25, 0.3) is 0 Å². The maximum Gasteiger partial charge on any atom is 0.310 e. The van der Waals surface area contributed by atoms with Crippen LogP contribution in [0.25, 0.3) is 11.6 Å². The molecule has 18 heavy (non-hydrogen) atoms. The van der Waals surface area contributed by atoms with Crippen molar-refractivity contribution in [3.8, 4) is 0 Å². The van der Waals surface area contributed by atoms with Gasteiger partial charge in [0.05, 0.1) is 6.42 Å². The average molecular weight is 370 g/mol. The Hall–Kier alpha value is -0.870. The van der Waals surface area contributed by atoms with Gasteiger partial charge in [0.15, 0.2) is 0 Å². The topological polar surface area (TPSA) is 26.3 Å². The number of carbonyl (C=O) groups is 1. The highest BCUT2D eigenvalue weighted by atomic mass is 79.9. The van der Waals surface area contributed by atoms with E-state index < -0.39 is 0 Å². The predicted molar refractivity (Wildman–Crippen MR) is 78.0 cm³/mol. The van der Waals surface area contributed by atoms with E-state index in [0.29, 0.717) is 6.42 Å². The zero-order valence-electron chi connectivity index (χ0n) is 9.45. The highest BCUT2D eigenvalue weighted by molar-refractivity contribution is 9.13. The Morgan fingerprint density at radius 2 is 2.00 bits per heavy atom. The van der Waals surface area contributed by atoms with Crippen LogP contribution in [0.5, 0.6) is 0 Å². The molecule has 0 aromatic heterocycles. The number of ether oxygens (including phenoxy) is 1. The fraction of sp³-hybridized carbons (Fsp3) is 0.214. The van der Waals surface area contributed by atoms with Crippen LogP contribution in [0.1, 0.15) is 24.0 Å². The first-order chi connectivity index (χ1) is 8.65. The molecule has 2 aliphatic rings. The largest absolute Gasteiger partial charge is 0.457 e. The van der Waals surface area contributed by atoms with E-state index >= 15 is 0 Å². The molecule has 92 valence electrons. The van der Waals surface area contributed by atoms with Gasteiger partial charge in [0.2, 0.25) is 0 Å². The molecule has 1 aliphatic carbocycles. The number of benzene rings is 1. The maximum atomic E-state index is 11.4. The third-order valence-electron chi connectivity index (χ3n) is 3.16. The lowest BCUT2D eigenvalue weighted by atomic mass is 9.94. The molecule has 3 rings (SSSR count). The van der Waals surface area contributed by atoms with Gasteiger partial charge >= 0.3 is 5.97 Å². The first-order valence-corrected chi connectivity index (χ1v) is 7.29. The highest BCUT2D eigenvalue weighted by Crippen LogP contribution is 2.37. The van der Waals surface area contributed by atoms with Crippen LogP contribution in [-0.2, 0) is 9.53 Å². The first-order valence-electron chi connectivity index (χ1n) is 5.70. The molecule has 1 aromatic rings. The van der Waals surface area contributed by atoms with Crippen LogP contribution in [0.3, 0.4) is 0 Å². The summed E-state index contributed by atoms with van der Waals surface area (Å²) in [5.74, 6) is -0.142. The SMILES string of the molecule is O=C1CC=C2c3cc(Br)c(Br)cc3C=CCC2O1. The van der Waals surface area contributed by atoms with Gasteiger partial charge in [-0.1, -0.05) is 18.2 Å². The standard InChI is InChI=1S/C14H10Br2O2/c15-11-6-8-2-1-3-13-9(4-5-14(17)18-13)10(8)7-12(11)16/h1-2,4,6-7,13H,3,5H2. The molecule has 0 saturated heterocycles. The number of hydrogen-bond acceptors (Lipinski definition) is 2. The molecule has 1 heterocycles. The molecule has 0 bridgehead atoms. The maximum absolute atomic E-state index is 11.4. The summed E-state index contributed by atoms with van der Waals surface area (Å²) < 4.78 is 7.44. The Balaban J connectivity index is 2.17. The van der Waals surface area contributed by atoms with Crippen LogP contribution in [-0.4, -0.2) is 12.1 Å². The fourth-order valence-corrected chi connectivity index (χ4v) is 3.03. The second-order valence-corrected chi connectivity index (χ2v) is 6.04. The Bertz CT molecular complexity index is 588. The summed E-state index contributed by atoms with van der Waals surface area (Å²) in [6.45, 7) is 0. The number of halogens is 2. The molecule has 0 spiro atoms. The van der Waals surface area contributed by atoms with Gasteiger partial charge in [0, 0.05) is 15.4 Å². The molecule has 0 radical (unpaired) electrons. The quantitative estimate of drug-likeness (QED) is 0.636. The lowest BCUT2D eigenvalue weighted by molar-refractivity contribution is -0.146. The minimum absolute atomic E-state index is 0.142. The normalized spacial score (nSPS) is 21.6. The summed E-state index contributed by atoms with van der Waals surface area (Å²) in [6.07, 6.45) is 7.09. The van der Waals surface area contributed by atoms with E-state index in [1.54, 1.807) is 0 Å². The summed E-state index contributed by atoms with van der Waals surface area (Å²) >= 11 is 7.03. The third-order valence-corrected chi connectivity index (χ3v) is 5.00. The molecule has 0 amide bonds. The smallest absolute Gasteiger partial charge is 0.310 e. The van der Waals surface area contributed by atoms with Crippen LogP contribution in [0.15, 0.2) is 33.2 Å². The lowest BCUT2D eigenvalue weighted by Crippen LogP contribution is -2.22. The van der Waals surface area contributed by atoms with Crippen molar-refractivity contribution in [1.82, 2.24) is 0 Å². The monoisotopic (exact) mass is 368 g/mol.